The van der Waals surface area contributed by atoms with E-state index in [4.69, 9.17) is 16.3 Å². The fraction of sp³-hybridized carbons (Fsp3) is 0.235. The molecule has 1 N–H and O–H groups in total. The van der Waals surface area contributed by atoms with Crippen LogP contribution in [0.1, 0.15) is 6.92 Å². The molecule has 6 nitrogen and oxygen atoms in total. The van der Waals surface area contributed by atoms with Crippen molar-refractivity contribution in [2.75, 3.05) is 23.0 Å². The third-order valence-electron chi connectivity index (χ3n) is 3.56. The van der Waals surface area contributed by atoms with Gasteiger partial charge in [0.05, 0.1) is 19.1 Å². The average molecular weight is 462 g/mol. The van der Waals surface area contributed by atoms with Crippen LogP contribution in [0.3, 0.4) is 0 Å². The van der Waals surface area contributed by atoms with E-state index in [1.54, 1.807) is 30.3 Å². The Balaban J connectivity index is 2.41. The van der Waals surface area contributed by atoms with Gasteiger partial charge < -0.3 is 10.1 Å². The van der Waals surface area contributed by atoms with E-state index in [-0.39, 0.29) is 5.69 Å². The number of benzene rings is 2. The SMILES string of the molecule is COc1ccc(Cl)cc1N([C@H](C)C(=O)Nc1cccc(Br)c1)S(C)(=O)=O. The van der Waals surface area contributed by atoms with Crippen LogP contribution in [-0.4, -0.2) is 33.7 Å². The molecule has 0 aliphatic rings. The lowest BCUT2D eigenvalue weighted by Gasteiger charge is -2.29. The molecule has 0 bridgehead atoms. The second-order valence-electron chi connectivity index (χ2n) is 5.55. The summed E-state index contributed by atoms with van der Waals surface area (Å²) in [7, 11) is -2.37. The first-order valence-electron chi connectivity index (χ1n) is 7.53. The van der Waals surface area contributed by atoms with Crippen molar-refractivity contribution in [1.82, 2.24) is 0 Å². The highest BCUT2D eigenvalue weighted by Crippen LogP contribution is 2.34. The van der Waals surface area contributed by atoms with Crippen LogP contribution in [0.5, 0.6) is 5.75 Å². The van der Waals surface area contributed by atoms with E-state index < -0.39 is 22.0 Å². The minimum atomic E-state index is -3.79. The lowest BCUT2D eigenvalue weighted by atomic mass is 10.2. The van der Waals surface area contributed by atoms with Gasteiger partial charge in [0.1, 0.15) is 11.8 Å². The van der Waals surface area contributed by atoms with Crippen molar-refractivity contribution >= 4 is 54.8 Å². The topological polar surface area (TPSA) is 75.7 Å². The van der Waals surface area contributed by atoms with Crippen molar-refractivity contribution in [3.05, 3.63) is 52.0 Å². The van der Waals surface area contributed by atoms with Crippen LogP contribution in [0, 0.1) is 0 Å². The van der Waals surface area contributed by atoms with E-state index in [0.29, 0.717) is 16.5 Å². The zero-order chi connectivity index (χ0) is 19.5. The lowest BCUT2D eigenvalue weighted by Crippen LogP contribution is -2.45. The number of hydrogen-bond donors (Lipinski definition) is 1. The normalized spacial score (nSPS) is 12.3. The van der Waals surface area contributed by atoms with Crippen LogP contribution in [0.4, 0.5) is 11.4 Å². The molecule has 0 aliphatic heterocycles. The Morgan fingerprint density at radius 3 is 2.54 bits per heavy atom. The van der Waals surface area contributed by atoms with Gasteiger partial charge in [-0.25, -0.2) is 8.42 Å². The van der Waals surface area contributed by atoms with Gasteiger partial charge in [-0.1, -0.05) is 33.6 Å². The Labute approximate surface area is 166 Å². The number of sulfonamides is 1. The number of methoxy groups -OCH3 is 1. The molecule has 1 amide bonds. The van der Waals surface area contributed by atoms with Gasteiger partial charge in [-0.05, 0) is 43.3 Å². The molecule has 0 saturated carbocycles. The first-order chi connectivity index (χ1) is 12.1. The standard InChI is InChI=1S/C17H18BrClN2O4S/c1-11(17(22)20-14-6-4-5-12(18)9-14)21(26(3,23)24)15-10-13(19)7-8-16(15)25-2/h4-11H,1-3H3,(H,20,22)/t11-/m1/s1. The number of ether oxygens (including phenoxy) is 1. The highest BCUT2D eigenvalue weighted by molar-refractivity contribution is 9.10. The molecule has 0 radical (unpaired) electrons. The third kappa shape index (κ3) is 4.90. The van der Waals surface area contributed by atoms with E-state index >= 15 is 0 Å². The summed E-state index contributed by atoms with van der Waals surface area (Å²) >= 11 is 9.34. The molecular weight excluding hydrogens is 444 g/mol. The summed E-state index contributed by atoms with van der Waals surface area (Å²) in [6.07, 6.45) is 1.02. The molecule has 0 heterocycles. The minimum absolute atomic E-state index is 0.194. The van der Waals surface area contributed by atoms with Gasteiger partial charge in [-0.2, -0.15) is 0 Å². The van der Waals surface area contributed by atoms with Gasteiger partial charge in [0, 0.05) is 15.2 Å². The quantitative estimate of drug-likeness (QED) is 0.708. The summed E-state index contributed by atoms with van der Waals surface area (Å²) in [6.45, 7) is 1.49. The number of nitrogens with zero attached hydrogens (tertiary/aromatic N) is 1. The maximum absolute atomic E-state index is 12.7. The number of nitrogens with one attached hydrogen (secondary N) is 1. The molecular formula is C17H18BrClN2O4S. The van der Waals surface area contributed by atoms with Crippen molar-refractivity contribution in [2.24, 2.45) is 0 Å². The zero-order valence-corrected chi connectivity index (χ0v) is 17.5. The Hall–Kier alpha value is -1.77. The summed E-state index contributed by atoms with van der Waals surface area (Å²) in [5.74, 6) is -0.197. The highest BCUT2D eigenvalue weighted by Gasteiger charge is 2.31. The van der Waals surface area contributed by atoms with Crippen molar-refractivity contribution < 1.29 is 17.9 Å². The Bertz CT molecular complexity index is 921. The number of carbonyl (C=O) groups is 1. The van der Waals surface area contributed by atoms with E-state index in [1.165, 1.54) is 20.1 Å². The Kier molecular flexibility index (Phi) is 6.54. The molecule has 26 heavy (non-hydrogen) atoms. The number of rotatable bonds is 6. The first kappa shape index (κ1) is 20.5. The molecule has 0 spiro atoms. The highest BCUT2D eigenvalue weighted by atomic mass is 79.9. The van der Waals surface area contributed by atoms with Gasteiger partial charge in [0.25, 0.3) is 0 Å². The van der Waals surface area contributed by atoms with Crippen molar-refractivity contribution in [2.45, 2.75) is 13.0 Å². The van der Waals surface area contributed by atoms with Crippen molar-refractivity contribution in [3.8, 4) is 5.75 Å². The minimum Gasteiger partial charge on any atom is -0.495 e. The largest absolute Gasteiger partial charge is 0.495 e. The molecule has 0 fully saturated rings. The molecule has 0 saturated heterocycles. The molecule has 140 valence electrons. The smallest absolute Gasteiger partial charge is 0.247 e. The first-order valence-corrected chi connectivity index (χ1v) is 10.5. The number of hydrogen-bond acceptors (Lipinski definition) is 4. The van der Waals surface area contributed by atoms with Crippen molar-refractivity contribution in [1.29, 1.82) is 0 Å². The predicted molar refractivity (Wildman–Crippen MR) is 108 cm³/mol. The number of halogens is 2. The summed E-state index contributed by atoms with van der Waals surface area (Å²) in [6, 6.07) is 10.6. The van der Waals surface area contributed by atoms with Crippen LogP contribution in [-0.2, 0) is 14.8 Å². The van der Waals surface area contributed by atoms with E-state index in [1.807, 2.05) is 6.07 Å². The third-order valence-corrected chi connectivity index (χ3v) is 5.51. The molecule has 0 aliphatic carbocycles. The molecule has 0 unspecified atom stereocenters. The van der Waals surface area contributed by atoms with Crippen LogP contribution < -0.4 is 14.4 Å². The van der Waals surface area contributed by atoms with Crippen LogP contribution in [0.25, 0.3) is 0 Å². The molecule has 2 aromatic rings. The fourth-order valence-electron chi connectivity index (χ4n) is 2.43. The predicted octanol–water partition coefficient (Wildman–Crippen LogP) is 3.90. The second kappa shape index (κ2) is 8.28. The van der Waals surface area contributed by atoms with Crippen LogP contribution in [0.2, 0.25) is 5.02 Å². The number of amides is 1. The van der Waals surface area contributed by atoms with Crippen LogP contribution in [0.15, 0.2) is 46.9 Å². The second-order valence-corrected chi connectivity index (χ2v) is 8.76. The number of carbonyl (C=O) groups excluding carboxylic acids is 1. The van der Waals surface area contributed by atoms with Crippen molar-refractivity contribution in [3.63, 3.8) is 0 Å². The molecule has 2 rings (SSSR count). The Morgan fingerprint density at radius 2 is 1.96 bits per heavy atom. The number of anilines is 2. The summed E-state index contributed by atoms with van der Waals surface area (Å²) in [5, 5.41) is 3.04. The summed E-state index contributed by atoms with van der Waals surface area (Å²) < 4.78 is 31.8. The Morgan fingerprint density at radius 1 is 1.27 bits per heavy atom. The van der Waals surface area contributed by atoms with Crippen LogP contribution >= 0.6 is 27.5 Å². The van der Waals surface area contributed by atoms with Gasteiger partial charge in [0.2, 0.25) is 15.9 Å². The molecule has 2 aromatic carbocycles. The van der Waals surface area contributed by atoms with E-state index in [2.05, 4.69) is 21.2 Å². The molecule has 0 aromatic heterocycles. The fourth-order valence-corrected chi connectivity index (χ4v) is 4.17. The molecule has 9 heteroatoms. The lowest BCUT2D eigenvalue weighted by molar-refractivity contribution is -0.116. The molecule has 1 atom stereocenters. The zero-order valence-electron chi connectivity index (χ0n) is 14.4. The maximum atomic E-state index is 12.7. The van der Waals surface area contributed by atoms with Gasteiger partial charge >= 0.3 is 0 Å². The average Bonchev–Trinajstić information content (AvgIpc) is 2.54. The monoisotopic (exact) mass is 460 g/mol. The van der Waals surface area contributed by atoms with Gasteiger partial charge in [-0.3, -0.25) is 9.10 Å². The maximum Gasteiger partial charge on any atom is 0.247 e. The van der Waals surface area contributed by atoms with Gasteiger partial charge in [0.15, 0.2) is 0 Å². The van der Waals surface area contributed by atoms with E-state index in [0.717, 1.165) is 15.0 Å². The van der Waals surface area contributed by atoms with Gasteiger partial charge in [-0.15, -0.1) is 0 Å². The summed E-state index contributed by atoms with van der Waals surface area (Å²) in [4.78, 5) is 12.7. The van der Waals surface area contributed by atoms with E-state index in [9.17, 15) is 13.2 Å². The summed E-state index contributed by atoms with van der Waals surface area (Å²) in [5.41, 5.74) is 0.738.